The summed E-state index contributed by atoms with van der Waals surface area (Å²) in [6.07, 6.45) is 7.30. The number of hydrogen-bond donors (Lipinski definition) is 0. The average Bonchev–Trinajstić information content (AvgIpc) is 3.36. The van der Waals surface area contributed by atoms with Gasteiger partial charge in [-0.15, -0.1) is 0 Å². The van der Waals surface area contributed by atoms with E-state index < -0.39 is 0 Å². The molecule has 0 aliphatic rings. The molecule has 3 heterocycles. The van der Waals surface area contributed by atoms with Crippen molar-refractivity contribution < 1.29 is 0 Å². The predicted molar refractivity (Wildman–Crippen MR) is 108 cm³/mol. The molecule has 0 fully saturated rings. The lowest BCUT2D eigenvalue weighted by atomic mass is 10.2. The van der Waals surface area contributed by atoms with Crippen molar-refractivity contribution in [3.63, 3.8) is 0 Å². The molecule has 0 aliphatic heterocycles. The zero-order valence-electron chi connectivity index (χ0n) is 15.6. The number of hydrogen-bond acceptors (Lipinski definition) is 4. The zero-order chi connectivity index (χ0) is 19.1. The van der Waals surface area contributed by atoms with E-state index in [-0.39, 0.29) is 0 Å². The number of aromatic nitrogens is 4. The van der Waals surface area contributed by atoms with Gasteiger partial charge in [0.2, 0.25) is 0 Å². The standard InChI is InChI=1S/C22H18N6/c1-15-3-7-17(8-4-15)25-21-22(26-18-9-5-16(2)6-10-18)28-14-12-24-20(28)19-23-11-13-27(19)21/h3-14H,1-2H3. The van der Waals surface area contributed by atoms with Gasteiger partial charge in [0.25, 0.3) is 0 Å². The van der Waals surface area contributed by atoms with Gasteiger partial charge in [-0.25, -0.2) is 20.0 Å². The van der Waals surface area contributed by atoms with E-state index in [0.29, 0.717) is 11.0 Å². The molecule has 0 aliphatic carbocycles. The van der Waals surface area contributed by atoms with Gasteiger partial charge in [0.05, 0.1) is 11.4 Å². The van der Waals surface area contributed by atoms with Gasteiger partial charge < -0.3 is 0 Å². The topological polar surface area (TPSA) is 59.3 Å². The Labute approximate surface area is 161 Å². The van der Waals surface area contributed by atoms with Crippen LogP contribution in [-0.4, -0.2) is 18.8 Å². The summed E-state index contributed by atoms with van der Waals surface area (Å²) in [5.41, 5.74) is 7.03. The molecule has 0 atom stereocenters. The Morgan fingerprint density at radius 1 is 0.607 bits per heavy atom. The summed E-state index contributed by atoms with van der Waals surface area (Å²) in [6.45, 7) is 4.13. The highest BCUT2D eigenvalue weighted by atomic mass is 15.1. The molecule has 6 heteroatoms. The highest BCUT2D eigenvalue weighted by Crippen LogP contribution is 2.13. The lowest BCUT2D eigenvalue weighted by Crippen LogP contribution is -2.37. The minimum Gasteiger partial charge on any atom is -0.278 e. The quantitative estimate of drug-likeness (QED) is 0.480. The van der Waals surface area contributed by atoms with Crippen molar-refractivity contribution in [2.45, 2.75) is 13.8 Å². The van der Waals surface area contributed by atoms with Crippen LogP contribution in [0.3, 0.4) is 0 Å². The van der Waals surface area contributed by atoms with Crippen LogP contribution < -0.4 is 11.0 Å². The molecule has 0 N–H and O–H groups in total. The first-order valence-electron chi connectivity index (χ1n) is 9.08. The van der Waals surface area contributed by atoms with Gasteiger partial charge in [0.15, 0.2) is 22.3 Å². The summed E-state index contributed by atoms with van der Waals surface area (Å²) < 4.78 is 3.88. The largest absolute Gasteiger partial charge is 0.278 e. The van der Waals surface area contributed by atoms with Crippen LogP contribution in [0.2, 0.25) is 0 Å². The monoisotopic (exact) mass is 366 g/mol. The Kier molecular flexibility index (Phi) is 3.76. The van der Waals surface area contributed by atoms with Crippen molar-refractivity contribution in [2.75, 3.05) is 0 Å². The van der Waals surface area contributed by atoms with Crippen LogP contribution in [0.4, 0.5) is 11.4 Å². The molecule has 28 heavy (non-hydrogen) atoms. The van der Waals surface area contributed by atoms with Crippen molar-refractivity contribution in [2.24, 2.45) is 9.98 Å². The molecule has 5 rings (SSSR count). The second-order valence-corrected chi connectivity index (χ2v) is 6.78. The van der Waals surface area contributed by atoms with Crippen LogP contribution in [-0.2, 0) is 0 Å². The van der Waals surface area contributed by atoms with Gasteiger partial charge in [0.1, 0.15) is 0 Å². The molecule has 5 aromatic rings. The third kappa shape index (κ3) is 2.75. The number of fused-ring (bicyclic) bond motifs is 3. The normalized spacial score (nSPS) is 13.1. The highest BCUT2D eigenvalue weighted by Gasteiger charge is 2.10. The first kappa shape index (κ1) is 16.4. The predicted octanol–water partition coefficient (Wildman–Crippen LogP) is 3.50. The SMILES string of the molecule is Cc1ccc(N=c2c(=Nc3ccc(C)cc3)n3ccnc3c3nccn23)cc1. The maximum absolute atomic E-state index is 4.91. The minimum absolute atomic E-state index is 0.711. The molecule has 0 unspecified atom stereocenters. The smallest absolute Gasteiger partial charge is 0.183 e. The van der Waals surface area contributed by atoms with Crippen molar-refractivity contribution >= 4 is 22.7 Å². The van der Waals surface area contributed by atoms with E-state index in [1.165, 1.54) is 11.1 Å². The molecule has 0 bridgehead atoms. The fourth-order valence-electron chi connectivity index (χ4n) is 3.19. The van der Waals surface area contributed by atoms with E-state index in [1.807, 2.05) is 45.5 Å². The Morgan fingerprint density at radius 3 is 1.39 bits per heavy atom. The summed E-state index contributed by atoms with van der Waals surface area (Å²) in [5, 5.41) is 0. The molecule has 6 nitrogen and oxygen atoms in total. The molecular formula is C22H18N6. The molecule has 0 saturated heterocycles. The Balaban J connectivity index is 1.92. The van der Waals surface area contributed by atoms with Crippen LogP contribution >= 0.6 is 0 Å². The first-order chi connectivity index (χ1) is 13.7. The van der Waals surface area contributed by atoms with Crippen molar-refractivity contribution in [1.29, 1.82) is 0 Å². The van der Waals surface area contributed by atoms with Crippen LogP contribution in [0.1, 0.15) is 11.1 Å². The number of nitrogens with zero attached hydrogens (tertiary/aromatic N) is 6. The van der Waals surface area contributed by atoms with Crippen molar-refractivity contribution in [1.82, 2.24) is 18.8 Å². The number of aryl methyl sites for hydroxylation is 2. The van der Waals surface area contributed by atoms with E-state index >= 15 is 0 Å². The zero-order valence-corrected chi connectivity index (χ0v) is 15.6. The van der Waals surface area contributed by atoms with E-state index in [9.17, 15) is 0 Å². The molecule has 2 aromatic carbocycles. The summed E-state index contributed by atoms with van der Waals surface area (Å²) in [6, 6.07) is 16.2. The first-order valence-corrected chi connectivity index (χ1v) is 9.08. The second-order valence-electron chi connectivity index (χ2n) is 6.78. The van der Waals surface area contributed by atoms with Crippen molar-refractivity contribution in [3.05, 3.63) is 95.4 Å². The summed E-state index contributed by atoms with van der Waals surface area (Å²) in [7, 11) is 0. The van der Waals surface area contributed by atoms with Crippen LogP contribution in [0, 0.1) is 13.8 Å². The van der Waals surface area contributed by atoms with Crippen LogP contribution in [0.5, 0.6) is 0 Å². The Bertz CT molecular complexity index is 1300. The average molecular weight is 366 g/mol. The molecule has 0 spiro atoms. The lowest BCUT2D eigenvalue weighted by Gasteiger charge is -2.03. The van der Waals surface area contributed by atoms with Gasteiger partial charge in [-0.3, -0.25) is 8.80 Å². The molecule has 0 saturated carbocycles. The Morgan fingerprint density at radius 2 is 1.00 bits per heavy atom. The van der Waals surface area contributed by atoms with Crippen LogP contribution in [0.25, 0.3) is 11.3 Å². The van der Waals surface area contributed by atoms with Gasteiger partial charge in [-0.05, 0) is 38.1 Å². The fraction of sp³-hybridized carbons (Fsp3) is 0.0909. The maximum Gasteiger partial charge on any atom is 0.183 e. The summed E-state index contributed by atoms with van der Waals surface area (Å²) in [5.74, 6) is 0. The lowest BCUT2D eigenvalue weighted by molar-refractivity contribution is 0.913. The second kappa shape index (κ2) is 6.42. The molecule has 0 radical (unpaired) electrons. The number of benzene rings is 2. The summed E-state index contributed by atoms with van der Waals surface area (Å²) >= 11 is 0. The molecular weight excluding hydrogens is 348 g/mol. The minimum atomic E-state index is 0.711. The molecule has 136 valence electrons. The van der Waals surface area contributed by atoms with Gasteiger partial charge >= 0.3 is 0 Å². The van der Waals surface area contributed by atoms with Gasteiger partial charge in [-0.2, -0.15) is 0 Å². The van der Waals surface area contributed by atoms with Crippen molar-refractivity contribution in [3.8, 4) is 0 Å². The van der Waals surface area contributed by atoms with E-state index in [4.69, 9.17) is 9.98 Å². The summed E-state index contributed by atoms with van der Waals surface area (Å²) in [4.78, 5) is 18.8. The number of imidazole rings is 2. The van der Waals surface area contributed by atoms with Gasteiger partial charge in [0, 0.05) is 24.8 Å². The Hall–Kier alpha value is -3.80. The molecule has 0 amide bonds. The van der Waals surface area contributed by atoms with E-state index in [0.717, 1.165) is 22.7 Å². The fourth-order valence-corrected chi connectivity index (χ4v) is 3.19. The van der Waals surface area contributed by atoms with E-state index in [2.05, 4.69) is 48.1 Å². The number of rotatable bonds is 2. The highest BCUT2D eigenvalue weighted by molar-refractivity contribution is 5.65. The van der Waals surface area contributed by atoms with E-state index in [1.54, 1.807) is 12.4 Å². The maximum atomic E-state index is 4.91. The van der Waals surface area contributed by atoms with Crippen LogP contribution in [0.15, 0.2) is 83.3 Å². The third-order valence-electron chi connectivity index (χ3n) is 4.68. The molecule has 3 aromatic heterocycles. The van der Waals surface area contributed by atoms with Gasteiger partial charge in [-0.1, -0.05) is 35.4 Å². The third-order valence-corrected chi connectivity index (χ3v) is 4.68.